The molecule has 0 aromatic heterocycles. The molecule has 4 rings (SSSR count). The van der Waals surface area contributed by atoms with Crippen molar-refractivity contribution < 1.29 is 14.2 Å². The van der Waals surface area contributed by atoms with Gasteiger partial charge < -0.3 is 14.2 Å². The van der Waals surface area contributed by atoms with E-state index in [2.05, 4.69) is 6.07 Å². The van der Waals surface area contributed by atoms with Gasteiger partial charge in [0, 0.05) is 6.92 Å². The van der Waals surface area contributed by atoms with E-state index in [1.165, 1.54) is 0 Å². The molecule has 154 valence electrons. The topological polar surface area (TPSA) is 123 Å². The fourth-order valence-electron chi connectivity index (χ4n) is 4.52. The number of rotatable bonds is 4. The van der Waals surface area contributed by atoms with Gasteiger partial charge in [0.15, 0.2) is 5.41 Å². The highest BCUT2D eigenvalue weighted by Gasteiger charge is 2.78. The van der Waals surface area contributed by atoms with Gasteiger partial charge in [-0.05, 0) is 23.3 Å². The molecule has 0 amide bonds. The number of ether oxygens (including phenoxy) is 3. The largest absolute Gasteiger partial charge is 0.489 e. The van der Waals surface area contributed by atoms with E-state index in [-0.39, 0.29) is 0 Å². The summed E-state index contributed by atoms with van der Waals surface area (Å²) in [4.78, 5) is 0. The summed E-state index contributed by atoms with van der Waals surface area (Å²) in [7, 11) is 0. The Kier molecular flexibility index (Phi) is 4.69. The van der Waals surface area contributed by atoms with E-state index in [1.54, 1.807) is 38.1 Å². The fourth-order valence-corrected chi connectivity index (χ4v) is 4.52. The van der Waals surface area contributed by atoms with Gasteiger partial charge in [-0.3, -0.25) is 5.41 Å². The molecule has 1 N–H and O–H groups in total. The summed E-state index contributed by atoms with van der Waals surface area (Å²) in [5, 5.41) is 38.7. The molecule has 0 spiro atoms. The first-order valence-corrected chi connectivity index (χ1v) is 9.83. The third-order valence-electron chi connectivity index (χ3n) is 6.40. The standard InChI is InChI=1S/C24H20N4O3/c1-16-22(2)30-20(23(13-25,14-26)24(16,15-27)21(28)31-22)18-9-6-10-19(11-18)29-12-17-7-4-3-5-8-17/h3-11,16,20,28H,12H2,1-2H3. The smallest absolute Gasteiger partial charge is 0.214 e. The van der Waals surface area contributed by atoms with Gasteiger partial charge in [-0.2, -0.15) is 15.8 Å². The Labute approximate surface area is 180 Å². The van der Waals surface area contributed by atoms with Gasteiger partial charge in [0.1, 0.15) is 18.5 Å². The van der Waals surface area contributed by atoms with Crippen LogP contribution >= 0.6 is 0 Å². The molecule has 2 fully saturated rings. The summed E-state index contributed by atoms with van der Waals surface area (Å²) in [6, 6.07) is 22.7. The van der Waals surface area contributed by atoms with E-state index in [0.717, 1.165) is 5.56 Å². The van der Waals surface area contributed by atoms with Crippen LogP contribution in [0, 0.1) is 56.2 Å². The number of hydrogen-bond donors (Lipinski definition) is 1. The van der Waals surface area contributed by atoms with Crippen LogP contribution in [0.1, 0.15) is 31.1 Å². The minimum atomic E-state index is -1.97. The minimum absolute atomic E-state index is 0.349. The fraction of sp³-hybridized carbons (Fsp3) is 0.333. The van der Waals surface area contributed by atoms with Crippen LogP contribution in [0.2, 0.25) is 0 Å². The Morgan fingerprint density at radius 2 is 1.74 bits per heavy atom. The first kappa shape index (κ1) is 20.4. The number of hydrogen-bond acceptors (Lipinski definition) is 7. The van der Waals surface area contributed by atoms with Crippen molar-refractivity contribution in [3.63, 3.8) is 0 Å². The van der Waals surface area contributed by atoms with Crippen molar-refractivity contribution in [2.45, 2.75) is 32.3 Å². The maximum Gasteiger partial charge on any atom is 0.214 e. The zero-order valence-corrected chi connectivity index (χ0v) is 17.1. The van der Waals surface area contributed by atoms with Crippen molar-refractivity contribution in [2.24, 2.45) is 16.7 Å². The van der Waals surface area contributed by atoms with Gasteiger partial charge in [0.25, 0.3) is 0 Å². The van der Waals surface area contributed by atoms with Crippen molar-refractivity contribution in [1.82, 2.24) is 0 Å². The van der Waals surface area contributed by atoms with E-state index in [0.29, 0.717) is 17.9 Å². The lowest BCUT2D eigenvalue weighted by atomic mass is 9.54. The third-order valence-corrected chi connectivity index (χ3v) is 6.40. The normalized spacial score (nSPS) is 30.4. The van der Waals surface area contributed by atoms with E-state index in [1.807, 2.05) is 42.5 Å². The van der Waals surface area contributed by atoms with Crippen LogP contribution < -0.4 is 4.74 Å². The first-order valence-electron chi connectivity index (χ1n) is 9.83. The third kappa shape index (κ3) is 2.70. The van der Waals surface area contributed by atoms with Gasteiger partial charge in [0.05, 0.1) is 24.1 Å². The second-order valence-electron chi connectivity index (χ2n) is 7.96. The van der Waals surface area contributed by atoms with Crippen molar-refractivity contribution in [1.29, 1.82) is 21.2 Å². The number of fused-ring (bicyclic) bond motifs is 2. The Balaban J connectivity index is 1.76. The SMILES string of the molecule is CC1C2(C)OC(=N)C1(C#N)C(C#N)(C#N)C(c1cccc(OCc3ccccc3)c1)O2. The lowest BCUT2D eigenvalue weighted by Crippen LogP contribution is -2.57. The zero-order chi connectivity index (χ0) is 22.3. The number of nitrogens with zero attached hydrogens (tertiary/aromatic N) is 3. The Bertz CT molecular complexity index is 1150. The molecule has 4 unspecified atom stereocenters. The van der Waals surface area contributed by atoms with E-state index in [9.17, 15) is 15.8 Å². The average Bonchev–Trinajstić information content (AvgIpc) is 2.93. The first-order chi connectivity index (χ1) is 14.9. The quantitative estimate of drug-likeness (QED) is 0.801. The number of nitriles is 3. The van der Waals surface area contributed by atoms with Crippen LogP contribution in [0.4, 0.5) is 0 Å². The van der Waals surface area contributed by atoms with Gasteiger partial charge in [-0.25, -0.2) is 0 Å². The van der Waals surface area contributed by atoms with Crippen molar-refractivity contribution in [2.75, 3.05) is 0 Å². The summed E-state index contributed by atoms with van der Waals surface area (Å²) >= 11 is 0. The molecule has 2 aliphatic rings. The minimum Gasteiger partial charge on any atom is -0.489 e. The number of nitrogens with one attached hydrogen (secondary N) is 1. The molecule has 7 nitrogen and oxygen atoms in total. The summed E-state index contributed by atoms with van der Waals surface area (Å²) in [5.74, 6) is -1.87. The molecular weight excluding hydrogens is 392 g/mol. The maximum atomic E-state index is 10.1. The Morgan fingerprint density at radius 1 is 1.03 bits per heavy atom. The summed E-state index contributed by atoms with van der Waals surface area (Å²) in [5.41, 5.74) is -2.22. The van der Waals surface area contributed by atoms with E-state index >= 15 is 0 Å². The van der Waals surface area contributed by atoms with Crippen LogP contribution in [0.25, 0.3) is 0 Å². The molecule has 31 heavy (non-hydrogen) atoms. The van der Waals surface area contributed by atoms with Gasteiger partial charge in [0.2, 0.25) is 17.1 Å². The van der Waals surface area contributed by atoms with Crippen molar-refractivity contribution >= 4 is 5.90 Å². The monoisotopic (exact) mass is 412 g/mol. The predicted octanol–water partition coefficient (Wildman–Crippen LogP) is 4.24. The molecule has 2 aromatic carbocycles. The highest BCUT2D eigenvalue weighted by Crippen LogP contribution is 2.66. The lowest BCUT2D eigenvalue weighted by molar-refractivity contribution is -0.268. The molecule has 2 heterocycles. The van der Waals surface area contributed by atoms with Crippen LogP contribution in [0.3, 0.4) is 0 Å². The molecule has 0 aliphatic carbocycles. The summed E-state index contributed by atoms with van der Waals surface area (Å²) in [6.07, 6.45) is -1.11. The molecule has 0 radical (unpaired) electrons. The van der Waals surface area contributed by atoms with Gasteiger partial charge in [-0.1, -0.05) is 49.4 Å². The van der Waals surface area contributed by atoms with Crippen molar-refractivity contribution in [3.8, 4) is 24.0 Å². The molecule has 7 heteroatoms. The molecule has 2 aromatic rings. The zero-order valence-electron chi connectivity index (χ0n) is 17.1. The molecule has 2 aliphatic heterocycles. The predicted molar refractivity (Wildman–Crippen MR) is 109 cm³/mol. The van der Waals surface area contributed by atoms with Crippen molar-refractivity contribution in [3.05, 3.63) is 65.7 Å². The highest BCUT2D eigenvalue weighted by atomic mass is 16.7. The van der Waals surface area contributed by atoms with E-state index < -0.39 is 34.5 Å². The lowest BCUT2D eigenvalue weighted by Gasteiger charge is -2.47. The maximum absolute atomic E-state index is 10.1. The molecule has 0 saturated carbocycles. The molecule has 2 bridgehead atoms. The highest BCUT2D eigenvalue weighted by molar-refractivity contribution is 5.89. The average molecular weight is 412 g/mol. The summed E-state index contributed by atoms with van der Waals surface area (Å²) in [6.45, 7) is 3.65. The van der Waals surface area contributed by atoms with Crippen LogP contribution in [0.5, 0.6) is 5.75 Å². The Morgan fingerprint density at radius 3 is 2.39 bits per heavy atom. The van der Waals surface area contributed by atoms with Crippen LogP contribution in [-0.4, -0.2) is 11.7 Å². The molecule has 4 atom stereocenters. The van der Waals surface area contributed by atoms with Gasteiger partial charge >= 0.3 is 0 Å². The Hall–Kier alpha value is -3.86. The van der Waals surface area contributed by atoms with Crippen LogP contribution in [-0.2, 0) is 16.1 Å². The second kappa shape index (κ2) is 7.13. The number of benzene rings is 2. The molecular formula is C24H20N4O3. The van der Waals surface area contributed by atoms with Crippen LogP contribution in [0.15, 0.2) is 54.6 Å². The van der Waals surface area contributed by atoms with Gasteiger partial charge in [-0.15, -0.1) is 0 Å². The summed E-state index contributed by atoms with van der Waals surface area (Å²) < 4.78 is 17.7. The second-order valence-corrected chi connectivity index (χ2v) is 7.96. The molecule has 2 saturated heterocycles. The van der Waals surface area contributed by atoms with E-state index in [4.69, 9.17) is 19.6 Å².